The Morgan fingerprint density at radius 1 is 0.410 bits per heavy atom. The number of ether oxygens (including phenoxy) is 5. The predicted octanol–water partition coefficient (Wildman–Crippen LogP) is 18.5. The van der Waals surface area contributed by atoms with Crippen LogP contribution >= 0.6 is 0 Å². The molecule has 12 nitrogen and oxygen atoms in total. The van der Waals surface area contributed by atoms with Crippen molar-refractivity contribution in [2.45, 2.75) is 340 Å². The first-order chi connectivity index (χ1) is 40.6. The third kappa shape index (κ3) is 48.0. The van der Waals surface area contributed by atoms with Gasteiger partial charge in [-0.15, -0.1) is 0 Å². The van der Waals surface area contributed by atoms with Crippen LogP contribution in [0.1, 0.15) is 303 Å². The molecule has 1 aliphatic rings. The van der Waals surface area contributed by atoms with Gasteiger partial charge in [0.05, 0.1) is 6.61 Å². The topological polar surface area (TPSA) is 175 Å². The van der Waals surface area contributed by atoms with Crippen molar-refractivity contribution in [3.63, 3.8) is 0 Å². The number of carboxylic acid groups (broad SMARTS) is 1. The van der Waals surface area contributed by atoms with E-state index in [1.165, 1.54) is 122 Å². The van der Waals surface area contributed by atoms with Crippen molar-refractivity contribution in [1.29, 1.82) is 0 Å². The van der Waals surface area contributed by atoms with Crippen LogP contribution in [0, 0.1) is 0 Å². The summed E-state index contributed by atoms with van der Waals surface area (Å²) in [5.41, 5.74) is 0. The molecule has 3 N–H and O–H groups in total. The second-order valence-electron chi connectivity index (χ2n) is 23.1. The summed E-state index contributed by atoms with van der Waals surface area (Å²) in [6, 6.07) is 0. The van der Waals surface area contributed by atoms with E-state index in [0.717, 1.165) is 122 Å². The van der Waals surface area contributed by atoms with E-state index in [1.54, 1.807) is 0 Å². The van der Waals surface area contributed by atoms with Gasteiger partial charge in [0.2, 0.25) is 0 Å². The maximum Gasteiger partial charge on any atom is 0.335 e. The highest BCUT2D eigenvalue weighted by Gasteiger charge is 2.50. The van der Waals surface area contributed by atoms with Crippen LogP contribution < -0.4 is 0 Å². The molecule has 1 saturated heterocycles. The fourth-order valence-corrected chi connectivity index (χ4v) is 10.1. The molecule has 6 unspecified atom stereocenters. The molecule has 478 valence electrons. The quantitative estimate of drug-likeness (QED) is 0.0228. The number of carboxylic acids is 1. The molecule has 0 aromatic rings. The van der Waals surface area contributed by atoms with Gasteiger partial charge in [0.1, 0.15) is 18.8 Å². The minimum absolute atomic E-state index is 0.0431. The lowest BCUT2D eigenvalue weighted by molar-refractivity contribution is -0.301. The molecule has 6 atom stereocenters. The van der Waals surface area contributed by atoms with Gasteiger partial charge in [0.15, 0.2) is 24.6 Å². The number of aliphatic hydroxyl groups excluding tert-OH is 2. The summed E-state index contributed by atoms with van der Waals surface area (Å²) in [7, 11) is 0. The zero-order valence-corrected chi connectivity index (χ0v) is 52.9. The van der Waals surface area contributed by atoms with Crippen molar-refractivity contribution >= 4 is 23.9 Å². The smallest absolute Gasteiger partial charge is 0.335 e. The second kappa shape index (κ2) is 58.5. The van der Waals surface area contributed by atoms with Crippen molar-refractivity contribution in [3.8, 4) is 0 Å². The number of hydrogen-bond acceptors (Lipinski definition) is 11. The Labute approximate surface area is 506 Å². The van der Waals surface area contributed by atoms with Gasteiger partial charge < -0.3 is 39.0 Å². The van der Waals surface area contributed by atoms with Crippen molar-refractivity contribution in [2.24, 2.45) is 0 Å². The van der Waals surface area contributed by atoms with Gasteiger partial charge in [-0.1, -0.05) is 267 Å². The van der Waals surface area contributed by atoms with Crippen LogP contribution in [0.5, 0.6) is 0 Å². The van der Waals surface area contributed by atoms with Crippen LogP contribution in [-0.4, -0.2) is 89.2 Å². The maximum absolute atomic E-state index is 13.2. The molecule has 1 fully saturated rings. The Balaban J connectivity index is 2.64. The summed E-state index contributed by atoms with van der Waals surface area (Å²) in [6.07, 6.45) is 62.8. The molecule has 0 aromatic carbocycles. The molecular formula is C71H122O12. The van der Waals surface area contributed by atoms with E-state index < -0.39 is 67.3 Å². The largest absolute Gasteiger partial charge is 0.479 e. The van der Waals surface area contributed by atoms with E-state index in [9.17, 15) is 34.5 Å². The highest BCUT2D eigenvalue weighted by molar-refractivity contribution is 5.74. The zero-order valence-electron chi connectivity index (χ0n) is 52.9. The number of hydrogen-bond donors (Lipinski definition) is 3. The van der Waals surface area contributed by atoms with Crippen molar-refractivity contribution in [3.05, 3.63) is 72.9 Å². The van der Waals surface area contributed by atoms with Crippen LogP contribution in [0.25, 0.3) is 0 Å². The van der Waals surface area contributed by atoms with Gasteiger partial charge in [-0.3, -0.25) is 14.4 Å². The molecule has 0 aromatic heterocycles. The van der Waals surface area contributed by atoms with E-state index >= 15 is 0 Å². The van der Waals surface area contributed by atoms with Crippen molar-refractivity contribution in [1.82, 2.24) is 0 Å². The minimum atomic E-state index is -1.91. The predicted molar refractivity (Wildman–Crippen MR) is 340 cm³/mol. The van der Waals surface area contributed by atoms with E-state index in [4.69, 9.17) is 23.7 Å². The number of aliphatic hydroxyl groups is 2. The number of unbranched alkanes of at least 4 members (excludes halogenated alkanes) is 32. The number of aliphatic carboxylic acids is 1. The molecule has 0 bridgehead atoms. The Bertz CT molecular complexity index is 1720. The summed E-state index contributed by atoms with van der Waals surface area (Å²) in [5, 5.41) is 31.6. The number of rotatable bonds is 58. The molecule has 12 heteroatoms. The van der Waals surface area contributed by atoms with Crippen LogP contribution in [0.3, 0.4) is 0 Å². The normalized spacial score (nSPS) is 18.0. The molecular weight excluding hydrogens is 1040 g/mol. The van der Waals surface area contributed by atoms with Gasteiger partial charge in [-0.2, -0.15) is 0 Å². The first kappa shape index (κ1) is 77.2. The number of carbonyl (C=O) groups excluding carboxylic acids is 3. The lowest BCUT2D eigenvalue weighted by Crippen LogP contribution is -2.61. The first-order valence-electron chi connectivity index (χ1n) is 33.9. The molecule has 0 spiro atoms. The van der Waals surface area contributed by atoms with Crippen molar-refractivity contribution in [2.75, 3.05) is 13.2 Å². The summed E-state index contributed by atoms with van der Waals surface area (Å²) in [6.45, 7) is 5.88. The fourth-order valence-electron chi connectivity index (χ4n) is 10.1. The third-order valence-electron chi connectivity index (χ3n) is 15.3. The highest BCUT2D eigenvalue weighted by atomic mass is 16.7. The van der Waals surface area contributed by atoms with E-state index in [-0.39, 0.29) is 25.9 Å². The average molecular weight is 1170 g/mol. The molecule has 0 saturated carbocycles. The summed E-state index contributed by atoms with van der Waals surface area (Å²) in [4.78, 5) is 51.4. The Kier molecular flexibility index (Phi) is 54.4. The van der Waals surface area contributed by atoms with E-state index in [1.807, 2.05) is 0 Å². The van der Waals surface area contributed by atoms with Gasteiger partial charge in [0.25, 0.3) is 0 Å². The monoisotopic (exact) mass is 1170 g/mol. The minimum Gasteiger partial charge on any atom is -0.479 e. The molecule has 1 aliphatic heterocycles. The lowest BCUT2D eigenvalue weighted by atomic mass is 9.98. The number of allylic oxidation sites excluding steroid dienone is 12. The van der Waals surface area contributed by atoms with Gasteiger partial charge in [-0.05, 0) is 89.9 Å². The third-order valence-corrected chi connectivity index (χ3v) is 15.3. The van der Waals surface area contributed by atoms with E-state index in [2.05, 4.69) is 93.7 Å². The maximum atomic E-state index is 13.2. The van der Waals surface area contributed by atoms with Crippen LogP contribution in [0.2, 0.25) is 0 Å². The van der Waals surface area contributed by atoms with Crippen molar-refractivity contribution < 1.29 is 58.2 Å². The lowest BCUT2D eigenvalue weighted by Gasteiger charge is -2.40. The number of carbonyl (C=O) groups is 4. The second-order valence-corrected chi connectivity index (χ2v) is 23.1. The van der Waals surface area contributed by atoms with Gasteiger partial charge >= 0.3 is 23.9 Å². The number of esters is 3. The standard InChI is InChI=1S/C71H122O12/c1-4-7-10-13-16-19-22-25-28-30-32-34-37-39-42-45-48-51-54-57-63(72)79-60-62(81-64(73)58-55-52-49-46-43-40-36-27-24-21-18-15-12-9-6-3)61-80-71-69(67(76)66(75)68(83-71)70(77)78)82-65(74)59-56-53-50-47-44-41-38-35-33-31-29-26-23-20-17-14-11-8-5-2/h9,12,17-18,20-21,26-27,29,33,35-36,62,66-69,71,75-76H,4-8,10-11,13-16,19,22-25,28,30-32,34,37-61H2,1-3H3,(H,77,78)/b12-9-,20-17-,21-18-,29-26-,35-33-,36-27-. The SMILES string of the molecule is CC/C=C\C/C=C\C/C=C\CCCCCCCC(=O)OC(COC(=O)CCCCCCCCCCCCCCCCCCCCC)COC1OC(C(=O)O)C(O)C(O)C1OC(=O)CCCCCCCC/C=C\C/C=C\C/C=C\CCCCC. The Morgan fingerprint density at radius 3 is 1.18 bits per heavy atom. The Morgan fingerprint density at radius 2 is 0.759 bits per heavy atom. The van der Waals surface area contributed by atoms with Gasteiger partial charge in [0, 0.05) is 19.3 Å². The summed E-state index contributed by atoms with van der Waals surface area (Å²) >= 11 is 0. The molecule has 0 amide bonds. The highest BCUT2D eigenvalue weighted by Crippen LogP contribution is 2.27. The fraction of sp³-hybridized carbons (Fsp3) is 0.775. The van der Waals surface area contributed by atoms with Crippen LogP contribution in [0.15, 0.2) is 72.9 Å². The summed E-state index contributed by atoms with van der Waals surface area (Å²) in [5.74, 6) is -3.14. The molecule has 0 radical (unpaired) electrons. The molecule has 0 aliphatic carbocycles. The van der Waals surface area contributed by atoms with Gasteiger partial charge in [-0.25, -0.2) is 4.79 Å². The molecule has 1 heterocycles. The first-order valence-corrected chi connectivity index (χ1v) is 33.9. The molecule has 83 heavy (non-hydrogen) atoms. The average Bonchev–Trinajstić information content (AvgIpc) is 3.60. The summed E-state index contributed by atoms with van der Waals surface area (Å²) < 4.78 is 28.6. The van der Waals surface area contributed by atoms with Crippen LogP contribution in [0.4, 0.5) is 0 Å². The van der Waals surface area contributed by atoms with Crippen LogP contribution in [-0.2, 0) is 42.9 Å². The zero-order chi connectivity index (χ0) is 60.3. The van der Waals surface area contributed by atoms with E-state index in [0.29, 0.717) is 19.3 Å². The Hall–Kier alpha value is -3.84. The molecule has 1 rings (SSSR count).